The lowest BCUT2D eigenvalue weighted by atomic mass is 10.1. The van der Waals surface area contributed by atoms with Gasteiger partial charge in [-0.3, -0.25) is 0 Å². The van der Waals surface area contributed by atoms with Gasteiger partial charge in [-0.05, 0) is 24.8 Å². The number of hydrogen-bond acceptors (Lipinski definition) is 3. The van der Waals surface area contributed by atoms with Crippen LogP contribution in [-0.2, 0) is 6.42 Å². The molecule has 0 spiro atoms. The summed E-state index contributed by atoms with van der Waals surface area (Å²) in [6.45, 7) is 0.346. The molecule has 1 heterocycles. The Kier molecular flexibility index (Phi) is 8.47. The second-order valence-electron chi connectivity index (χ2n) is 4.55. The first kappa shape index (κ1) is 14.1. The molecule has 0 saturated carbocycles. The van der Waals surface area contributed by atoms with Crippen molar-refractivity contribution < 1.29 is 5.11 Å². The zero-order chi connectivity index (χ0) is 12.2. The number of aliphatic hydroxyl groups excluding tert-OH is 1. The van der Waals surface area contributed by atoms with Gasteiger partial charge in [-0.15, -0.1) is 0 Å². The van der Waals surface area contributed by atoms with Crippen LogP contribution in [-0.4, -0.2) is 21.7 Å². The van der Waals surface area contributed by atoms with Gasteiger partial charge in [-0.1, -0.05) is 38.5 Å². The standard InChI is InChI=1S/C14H24N2O/c17-10-8-6-4-2-1-3-5-7-9-14-11-15-13-16-12-14/h11-13,17H,1-10H2. The molecule has 0 fully saturated rings. The molecule has 1 aromatic heterocycles. The summed E-state index contributed by atoms with van der Waals surface area (Å²) >= 11 is 0. The number of hydrogen-bond donors (Lipinski definition) is 1. The summed E-state index contributed by atoms with van der Waals surface area (Å²) in [7, 11) is 0. The highest BCUT2D eigenvalue weighted by Crippen LogP contribution is 2.10. The zero-order valence-corrected chi connectivity index (χ0v) is 10.6. The molecule has 0 aliphatic rings. The van der Waals surface area contributed by atoms with Gasteiger partial charge in [-0.25, -0.2) is 9.97 Å². The first-order valence-electron chi connectivity index (χ1n) is 6.78. The van der Waals surface area contributed by atoms with E-state index in [1.54, 1.807) is 6.33 Å². The summed E-state index contributed by atoms with van der Waals surface area (Å²) < 4.78 is 0. The van der Waals surface area contributed by atoms with Crippen LogP contribution in [0.2, 0.25) is 0 Å². The molecular weight excluding hydrogens is 212 g/mol. The molecule has 0 bridgehead atoms. The first-order valence-corrected chi connectivity index (χ1v) is 6.78. The van der Waals surface area contributed by atoms with E-state index in [9.17, 15) is 0 Å². The Morgan fingerprint density at radius 1 is 0.765 bits per heavy atom. The number of unbranched alkanes of at least 4 members (excludes halogenated alkanes) is 7. The van der Waals surface area contributed by atoms with Crippen molar-refractivity contribution in [2.45, 2.75) is 57.8 Å². The highest BCUT2D eigenvalue weighted by atomic mass is 16.2. The van der Waals surface area contributed by atoms with E-state index in [1.807, 2.05) is 12.4 Å². The average Bonchev–Trinajstić information content (AvgIpc) is 2.38. The Morgan fingerprint density at radius 3 is 1.88 bits per heavy atom. The molecule has 1 N–H and O–H groups in total. The minimum atomic E-state index is 0.346. The maximum atomic E-state index is 8.64. The van der Waals surface area contributed by atoms with Crippen molar-refractivity contribution in [2.24, 2.45) is 0 Å². The second-order valence-corrected chi connectivity index (χ2v) is 4.55. The van der Waals surface area contributed by atoms with Crippen molar-refractivity contribution in [2.75, 3.05) is 6.61 Å². The van der Waals surface area contributed by atoms with Crippen molar-refractivity contribution in [3.8, 4) is 0 Å². The Labute approximate surface area is 104 Å². The van der Waals surface area contributed by atoms with E-state index >= 15 is 0 Å². The lowest BCUT2D eigenvalue weighted by Crippen LogP contribution is -1.89. The molecule has 0 radical (unpaired) electrons. The molecule has 0 unspecified atom stereocenters. The monoisotopic (exact) mass is 236 g/mol. The van der Waals surface area contributed by atoms with Gasteiger partial charge in [0.2, 0.25) is 0 Å². The Balaban J connectivity index is 1.85. The fraction of sp³-hybridized carbons (Fsp3) is 0.714. The van der Waals surface area contributed by atoms with Crippen LogP contribution in [0.4, 0.5) is 0 Å². The molecule has 1 aromatic rings. The third kappa shape index (κ3) is 7.86. The van der Waals surface area contributed by atoms with E-state index in [0.29, 0.717) is 6.61 Å². The summed E-state index contributed by atoms with van der Waals surface area (Å²) in [4.78, 5) is 8.02. The average molecular weight is 236 g/mol. The summed E-state index contributed by atoms with van der Waals surface area (Å²) in [5.41, 5.74) is 1.25. The van der Waals surface area contributed by atoms with E-state index in [4.69, 9.17) is 5.11 Å². The Hall–Kier alpha value is -0.960. The number of rotatable bonds is 10. The molecule has 17 heavy (non-hydrogen) atoms. The van der Waals surface area contributed by atoms with Gasteiger partial charge >= 0.3 is 0 Å². The van der Waals surface area contributed by atoms with Crippen LogP contribution in [0.1, 0.15) is 56.9 Å². The van der Waals surface area contributed by atoms with Gasteiger partial charge in [0, 0.05) is 19.0 Å². The van der Waals surface area contributed by atoms with E-state index in [0.717, 1.165) is 12.8 Å². The molecule has 96 valence electrons. The minimum Gasteiger partial charge on any atom is -0.396 e. The number of aliphatic hydroxyl groups is 1. The lowest BCUT2D eigenvalue weighted by molar-refractivity contribution is 0.282. The van der Waals surface area contributed by atoms with Crippen LogP contribution in [0.25, 0.3) is 0 Å². The van der Waals surface area contributed by atoms with Gasteiger partial charge in [0.1, 0.15) is 6.33 Å². The van der Waals surface area contributed by atoms with Crippen molar-refractivity contribution in [1.82, 2.24) is 9.97 Å². The fourth-order valence-electron chi connectivity index (χ4n) is 1.96. The Bertz CT molecular complexity index is 264. The SMILES string of the molecule is OCCCCCCCCCCc1cncnc1. The molecule has 0 saturated heterocycles. The van der Waals surface area contributed by atoms with Crippen LogP contribution >= 0.6 is 0 Å². The third-order valence-electron chi connectivity index (χ3n) is 2.99. The minimum absolute atomic E-state index is 0.346. The predicted octanol–water partition coefficient (Wildman–Crippen LogP) is 3.13. The van der Waals surface area contributed by atoms with Crippen LogP contribution < -0.4 is 0 Å². The van der Waals surface area contributed by atoms with Crippen LogP contribution in [0, 0.1) is 0 Å². The second kappa shape index (κ2) is 10.2. The quantitative estimate of drug-likeness (QED) is 0.635. The predicted molar refractivity (Wildman–Crippen MR) is 69.8 cm³/mol. The van der Waals surface area contributed by atoms with Gasteiger partial charge in [0.25, 0.3) is 0 Å². The normalized spacial score (nSPS) is 10.6. The third-order valence-corrected chi connectivity index (χ3v) is 2.99. The highest BCUT2D eigenvalue weighted by Gasteiger charge is 1.94. The molecule has 3 nitrogen and oxygen atoms in total. The van der Waals surface area contributed by atoms with E-state index < -0.39 is 0 Å². The van der Waals surface area contributed by atoms with Crippen molar-refractivity contribution in [1.29, 1.82) is 0 Å². The van der Waals surface area contributed by atoms with Gasteiger partial charge < -0.3 is 5.11 Å². The molecule has 0 aliphatic heterocycles. The summed E-state index contributed by atoms with van der Waals surface area (Å²) in [6, 6.07) is 0. The molecule has 1 rings (SSSR count). The maximum Gasteiger partial charge on any atom is 0.115 e. The summed E-state index contributed by atoms with van der Waals surface area (Å²) in [5.74, 6) is 0. The highest BCUT2D eigenvalue weighted by molar-refractivity contribution is 5.01. The molecule has 0 aromatic carbocycles. The summed E-state index contributed by atoms with van der Waals surface area (Å²) in [6.07, 6.45) is 16.4. The Morgan fingerprint density at radius 2 is 1.29 bits per heavy atom. The smallest absolute Gasteiger partial charge is 0.115 e. The number of aromatic nitrogens is 2. The topological polar surface area (TPSA) is 46.0 Å². The number of nitrogens with zero attached hydrogens (tertiary/aromatic N) is 2. The number of aryl methyl sites for hydroxylation is 1. The van der Waals surface area contributed by atoms with Crippen molar-refractivity contribution >= 4 is 0 Å². The van der Waals surface area contributed by atoms with Crippen molar-refractivity contribution in [3.63, 3.8) is 0 Å². The van der Waals surface area contributed by atoms with Gasteiger partial charge in [0.15, 0.2) is 0 Å². The van der Waals surface area contributed by atoms with Crippen molar-refractivity contribution in [3.05, 3.63) is 24.3 Å². The molecule has 0 amide bonds. The van der Waals surface area contributed by atoms with Gasteiger partial charge in [0.05, 0.1) is 0 Å². The van der Waals surface area contributed by atoms with Crippen LogP contribution in [0.3, 0.4) is 0 Å². The van der Waals surface area contributed by atoms with E-state index in [2.05, 4.69) is 9.97 Å². The van der Waals surface area contributed by atoms with Crippen LogP contribution in [0.15, 0.2) is 18.7 Å². The largest absolute Gasteiger partial charge is 0.396 e. The molecule has 0 aliphatic carbocycles. The zero-order valence-electron chi connectivity index (χ0n) is 10.6. The van der Waals surface area contributed by atoms with Gasteiger partial charge in [-0.2, -0.15) is 0 Å². The molecular formula is C14H24N2O. The molecule has 0 atom stereocenters. The van der Waals surface area contributed by atoms with E-state index in [1.165, 1.54) is 50.5 Å². The fourth-order valence-corrected chi connectivity index (χ4v) is 1.96. The molecule has 3 heteroatoms. The first-order chi connectivity index (χ1) is 8.43. The lowest BCUT2D eigenvalue weighted by Gasteiger charge is -2.02. The van der Waals surface area contributed by atoms with Crippen LogP contribution in [0.5, 0.6) is 0 Å². The van der Waals surface area contributed by atoms with E-state index in [-0.39, 0.29) is 0 Å². The maximum absolute atomic E-state index is 8.64. The summed E-state index contributed by atoms with van der Waals surface area (Å²) in [5, 5.41) is 8.64.